The fraction of sp³-hybridized carbons (Fsp3) is 0.941. The molecule has 0 spiro atoms. The van der Waals surface area contributed by atoms with Gasteiger partial charge in [0.25, 0.3) is 0 Å². The van der Waals surface area contributed by atoms with Crippen molar-refractivity contribution in [1.29, 1.82) is 0 Å². The van der Waals surface area contributed by atoms with Crippen LogP contribution in [0.15, 0.2) is 0 Å². The maximum atomic E-state index is 11.8. The van der Waals surface area contributed by atoms with Gasteiger partial charge in [-0.25, -0.2) is 0 Å². The van der Waals surface area contributed by atoms with Crippen molar-refractivity contribution < 1.29 is 18.1 Å². The van der Waals surface area contributed by atoms with E-state index in [1.54, 1.807) is 0 Å². The first-order chi connectivity index (χ1) is 11.1. The Morgan fingerprint density at radius 3 is 2.17 bits per heavy atom. The molecule has 0 saturated heterocycles. The number of hydrogen-bond acceptors (Lipinski definition) is 5. The first-order valence-electron chi connectivity index (χ1n) is 9.14. The molecule has 0 heterocycles. The topological polar surface area (TPSA) is 44.8 Å². The Morgan fingerprint density at radius 2 is 1.65 bits per heavy atom. The highest BCUT2D eigenvalue weighted by molar-refractivity contribution is 7.99. The average Bonchev–Trinajstić information content (AvgIpc) is 2.52. The van der Waals surface area contributed by atoms with Crippen LogP contribution in [0.5, 0.6) is 0 Å². The monoisotopic (exact) mass is 362 g/mol. The molecule has 1 aliphatic rings. The molecule has 4 nitrogen and oxygen atoms in total. The van der Waals surface area contributed by atoms with E-state index in [0.717, 1.165) is 37.5 Å². The Bertz CT molecular complexity index is 324. The van der Waals surface area contributed by atoms with Crippen molar-refractivity contribution >= 4 is 26.3 Å². The molecule has 0 aliphatic heterocycles. The van der Waals surface area contributed by atoms with Gasteiger partial charge in [-0.15, -0.1) is 0 Å². The smallest absolute Gasteiger partial charge is 0.374 e. The van der Waals surface area contributed by atoms with Gasteiger partial charge in [-0.05, 0) is 45.3 Å². The van der Waals surface area contributed by atoms with Crippen LogP contribution in [0.2, 0.25) is 6.04 Å². The van der Waals surface area contributed by atoms with E-state index < -0.39 is 8.80 Å². The van der Waals surface area contributed by atoms with Gasteiger partial charge in [-0.3, -0.25) is 4.79 Å². The van der Waals surface area contributed by atoms with Crippen LogP contribution in [-0.4, -0.2) is 45.4 Å². The predicted molar refractivity (Wildman–Crippen MR) is 98.9 cm³/mol. The highest BCUT2D eigenvalue weighted by Gasteiger charge is 2.39. The van der Waals surface area contributed by atoms with Crippen LogP contribution in [0.3, 0.4) is 0 Å². The molecule has 136 valence electrons. The predicted octanol–water partition coefficient (Wildman–Crippen LogP) is 4.31. The summed E-state index contributed by atoms with van der Waals surface area (Å²) < 4.78 is 17.7. The quantitative estimate of drug-likeness (QED) is 0.382. The molecule has 0 aromatic rings. The molecule has 0 bridgehead atoms. The van der Waals surface area contributed by atoms with Crippen molar-refractivity contribution in [3.8, 4) is 0 Å². The first-order valence-corrected chi connectivity index (χ1v) is 12.1. The van der Waals surface area contributed by atoms with Crippen molar-refractivity contribution in [1.82, 2.24) is 0 Å². The molecule has 1 fully saturated rings. The number of hydrogen-bond donors (Lipinski definition) is 0. The zero-order chi connectivity index (χ0) is 17.1. The fourth-order valence-electron chi connectivity index (χ4n) is 3.18. The molecule has 6 heteroatoms. The van der Waals surface area contributed by atoms with E-state index in [-0.39, 0.29) is 0 Å². The highest BCUT2D eigenvalue weighted by atomic mass is 32.2. The lowest BCUT2D eigenvalue weighted by atomic mass is 9.86. The lowest BCUT2D eigenvalue weighted by Crippen LogP contribution is -2.46. The van der Waals surface area contributed by atoms with Crippen LogP contribution in [0.4, 0.5) is 0 Å². The number of carbonyl (C=O) groups excluding carboxylic acids is 1. The zero-order valence-electron chi connectivity index (χ0n) is 15.3. The van der Waals surface area contributed by atoms with E-state index in [1.807, 2.05) is 32.5 Å². The molecule has 23 heavy (non-hydrogen) atoms. The molecule has 1 saturated carbocycles. The molecule has 0 N–H and O–H groups in total. The van der Waals surface area contributed by atoms with Gasteiger partial charge in [0.1, 0.15) is 5.78 Å². The SMILES string of the molecule is CCO[Si](CCCSC1CC(=O)CC(CC)C1)(OCC)OCC. The summed E-state index contributed by atoms with van der Waals surface area (Å²) >= 11 is 1.95. The number of thioether (sulfide) groups is 1. The number of Topliss-reactive ketones (excluding diaryl/α,β-unsaturated/α-hetero) is 1. The van der Waals surface area contributed by atoms with E-state index in [2.05, 4.69) is 6.92 Å². The van der Waals surface area contributed by atoms with Gasteiger partial charge in [0.2, 0.25) is 0 Å². The molecule has 0 radical (unpaired) electrons. The van der Waals surface area contributed by atoms with Crippen molar-refractivity contribution in [3.63, 3.8) is 0 Å². The molecule has 0 amide bonds. The number of ketones is 1. The molecule has 1 aliphatic carbocycles. The molecule has 2 unspecified atom stereocenters. The second-order valence-corrected chi connectivity index (χ2v) is 10.2. The Kier molecular flexibility index (Phi) is 10.7. The summed E-state index contributed by atoms with van der Waals surface area (Å²) in [5.41, 5.74) is 0. The summed E-state index contributed by atoms with van der Waals surface area (Å²) in [7, 11) is -2.50. The summed E-state index contributed by atoms with van der Waals surface area (Å²) in [4.78, 5) is 11.8. The second kappa shape index (κ2) is 11.6. The Labute approximate surface area is 147 Å². The fourth-order valence-corrected chi connectivity index (χ4v) is 7.40. The van der Waals surface area contributed by atoms with Crippen molar-refractivity contribution in [2.45, 2.75) is 71.1 Å². The normalized spacial score (nSPS) is 22.5. The summed E-state index contributed by atoms with van der Waals surface area (Å²) in [5, 5.41) is 0.503. The van der Waals surface area contributed by atoms with Gasteiger partial charge in [0.15, 0.2) is 0 Å². The lowest BCUT2D eigenvalue weighted by Gasteiger charge is -2.29. The first kappa shape index (κ1) is 21.2. The molecule has 0 aromatic carbocycles. The molecular weight excluding hydrogens is 328 g/mol. The van der Waals surface area contributed by atoms with Gasteiger partial charge in [0, 0.05) is 44.0 Å². The number of rotatable bonds is 12. The van der Waals surface area contributed by atoms with Gasteiger partial charge in [0.05, 0.1) is 0 Å². The van der Waals surface area contributed by atoms with Crippen molar-refractivity contribution in [2.75, 3.05) is 25.6 Å². The molecular formula is C17H34O4SSi. The maximum absolute atomic E-state index is 11.8. The lowest BCUT2D eigenvalue weighted by molar-refractivity contribution is -0.121. The van der Waals surface area contributed by atoms with Crippen LogP contribution < -0.4 is 0 Å². The molecule has 0 aromatic heterocycles. The van der Waals surface area contributed by atoms with Crippen LogP contribution in [0.25, 0.3) is 0 Å². The summed E-state index contributed by atoms with van der Waals surface area (Å²) in [6, 6.07) is 0.868. The van der Waals surface area contributed by atoms with Crippen LogP contribution >= 0.6 is 11.8 Å². The molecule has 2 atom stereocenters. The van der Waals surface area contributed by atoms with Crippen LogP contribution in [0, 0.1) is 5.92 Å². The summed E-state index contributed by atoms with van der Waals surface area (Å²) in [5.74, 6) is 2.09. The Hall–Kier alpha value is 0.117. The average molecular weight is 363 g/mol. The van der Waals surface area contributed by atoms with Gasteiger partial charge < -0.3 is 13.3 Å². The Morgan fingerprint density at radius 1 is 1.04 bits per heavy atom. The van der Waals surface area contributed by atoms with E-state index in [4.69, 9.17) is 13.3 Å². The van der Waals surface area contributed by atoms with E-state index >= 15 is 0 Å². The third-order valence-corrected chi connectivity index (χ3v) is 8.73. The standard InChI is InChI=1S/C17H34O4SSi/c1-5-15-12-16(18)14-17(13-15)22-10-9-11-23(19-6-2,20-7-3)21-8-4/h15,17H,5-14H2,1-4H3. The van der Waals surface area contributed by atoms with E-state index in [9.17, 15) is 4.79 Å². The Balaban J connectivity index is 2.39. The van der Waals surface area contributed by atoms with Crippen LogP contribution in [-0.2, 0) is 18.1 Å². The van der Waals surface area contributed by atoms with Gasteiger partial charge in [-0.1, -0.05) is 13.3 Å². The number of carbonyl (C=O) groups is 1. The third-order valence-electron chi connectivity index (χ3n) is 4.22. The zero-order valence-corrected chi connectivity index (χ0v) is 17.1. The third kappa shape index (κ3) is 7.69. The van der Waals surface area contributed by atoms with Crippen LogP contribution in [0.1, 0.15) is 59.8 Å². The van der Waals surface area contributed by atoms with Crippen molar-refractivity contribution in [2.24, 2.45) is 5.92 Å². The maximum Gasteiger partial charge on any atom is 0.500 e. The second-order valence-electron chi connectivity index (χ2n) is 6.04. The summed E-state index contributed by atoms with van der Waals surface area (Å²) in [6.45, 7) is 10.1. The minimum Gasteiger partial charge on any atom is -0.374 e. The summed E-state index contributed by atoms with van der Waals surface area (Å²) in [6.07, 6.45) is 4.89. The molecule has 1 rings (SSSR count). The largest absolute Gasteiger partial charge is 0.500 e. The van der Waals surface area contributed by atoms with Gasteiger partial charge >= 0.3 is 8.80 Å². The minimum absolute atomic E-state index is 0.447. The van der Waals surface area contributed by atoms with E-state index in [1.165, 1.54) is 6.42 Å². The van der Waals surface area contributed by atoms with Crippen molar-refractivity contribution in [3.05, 3.63) is 0 Å². The van der Waals surface area contributed by atoms with E-state index in [0.29, 0.717) is 36.8 Å². The highest BCUT2D eigenvalue weighted by Crippen LogP contribution is 2.33. The minimum atomic E-state index is -2.50. The van der Waals surface area contributed by atoms with Gasteiger partial charge in [-0.2, -0.15) is 11.8 Å².